The van der Waals surface area contributed by atoms with E-state index in [0.717, 1.165) is 104 Å². The van der Waals surface area contributed by atoms with Crippen LogP contribution in [0.1, 0.15) is 137 Å². The summed E-state index contributed by atoms with van der Waals surface area (Å²) in [6, 6.07) is 10.9. The molecule has 0 bridgehead atoms. The molecule has 6 aromatic rings. The van der Waals surface area contributed by atoms with Crippen molar-refractivity contribution in [2.24, 2.45) is 11.8 Å². The average molecular weight is 1030 g/mol. The lowest BCUT2D eigenvalue weighted by molar-refractivity contribution is -0.138. The molecule has 19 heteroatoms. The van der Waals surface area contributed by atoms with Crippen molar-refractivity contribution in [2.75, 3.05) is 27.3 Å². The summed E-state index contributed by atoms with van der Waals surface area (Å²) in [6.45, 7) is 11.1. The van der Waals surface area contributed by atoms with Gasteiger partial charge in [-0.05, 0) is 120 Å². The third-order valence-corrected chi connectivity index (χ3v) is 17.1. The molecular weight excluding hydrogens is 961 g/mol. The van der Waals surface area contributed by atoms with Gasteiger partial charge in [-0.1, -0.05) is 26.3 Å². The Morgan fingerprint density at radius 1 is 0.770 bits per heavy atom. The topological polar surface area (TPSA) is 211 Å². The van der Waals surface area contributed by atoms with Crippen LogP contribution in [0.25, 0.3) is 44.7 Å². The minimum Gasteiger partial charge on any atom is -0.464 e. The number of fused-ring (bicyclic) bond motifs is 5. The van der Waals surface area contributed by atoms with Crippen molar-refractivity contribution in [1.82, 2.24) is 49.9 Å². The van der Waals surface area contributed by atoms with Gasteiger partial charge in [-0.3, -0.25) is 14.2 Å². The van der Waals surface area contributed by atoms with Crippen LogP contribution in [0.3, 0.4) is 0 Å². The van der Waals surface area contributed by atoms with E-state index in [0.29, 0.717) is 43.5 Å². The normalized spacial score (nSPS) is 23.5. The maximum absolute atomic E-state index is 14.5. The first-order valence-corrected chi connectivity index (χ1v) is 27.1. The second kappa shape index (κ2) is 20.2. The fourth-order valence-corrected chi connectivity index (χ4v) is 13.2. The van der Waals surface area contributed by atoms with Crippen LogP contribution in [-0.2, 0) is 23.8 Å². The van der Waals surface area contributed by atoms with Gasteiger partial charge in [0.15, 0.2) is 0 Å². The molecule has 0 radical (unpaired) electrons. The number of alkyl carbamates (subject to hydrolysis) is 2. The number of imidazole rings is 2. The van der Waals surface area contributed by atoms with Crippen LogP contribution in [0, 0.1) is 18.8 Å². The van der Waals surface area contributed by atoms with E-state index in [1.807, 2.05) is 56.1 Å². The summed E-state index contributed by atoms with van der Waals surface area (Å²) in [6.07, 6.45) is 11.8. The number of hydrogen-bond donors (Lipinski definition) is 4. The van der Waals surface area contributed by atoms with Crippen molar-refractivity contribution >= 4 is 46.2 Å². The van der Waals surface area contributed by atoms with Gasteiger partial charge in [0.2, 0.25) is 18.0 Å². The molecule has 8 heterocycles. The van der Waals surface area contributed by atoms with E-state index in [1.54, 1.807) is 11.3 Å². The number of hydrogen-bond acceptors (Lipinski definition) is 12. The van der Waals surface area contributed by atoms with Crippen LogP contribution in [0.2, 0.25) is 0 Å². The lowest BCUT2D eigenvalue weighted by atomic mass is 9.85. The smallest absolute Gasteiger partial charge is 0.407 e. The maximum atomic E-state index is 14.5. The summed E-state index contributed by atoms with van der Waals surface area (Å²) in [5.74, 6) is 2.11. The predicted molar refractivity (Wildman–Crippen MR) is 278 cm³/mol. The third kappa shape index (κ3) is 9.19. The minimum absolute atomic E-state index is 0.0339. The van der Waals surface area contributed by atoms with E-state index < -0.39 is 30.5 Å². The molecule has 11 rings (SSSR count). The lowest BCUT2D eigenvalue weighted by Gasteiger charge is -2.38. The number of ether oxygens (including phenoxy) is 4. The first-order chi connectivity index (χ1) is 35.8. The number of aromatic nitrogens is 6. The predicted octanol–water partition coefficient (Wildman–Crippen LogP) is 9.70. The number of carbonyl (C=O) groups excluding carboxylic acids is 4. The summed E-state index contributed by atoms with van der Waals surface area (Å²) in [4.78, 5) is 79.8. The SMILES string of the molecule is COC(=O)NC(C(=O)N1CCCC1c1ncc(-c2cc(C)c3c(c2)OC(c2cnc(C4CCC4)s2)n2c-3cc3cc(-c4cnc(C5CCCN5C(=O)C(NC(=O)OC)C5CC(C)OC(C)C5)[nH]4)ccc32)[nH]1)C(C)C. The second-order valence-corrected chi connectivity index (χ2v) is 22.3. The molecule has 74 heavy (non-hydrogen) atoms. The number of amides is 4. The Kier molecular flexibility index (Phi) is 13.5. The van der Waals surface area contributed by atoms with Crippen LogP contribution >= 0.6 is 11.3 Å². The molecule has 5 aliphatic rings. The average Bonchev–Trinajstić information content (AvgIpc) is 4.23. The number of aryl methyl sites for hydroxylation is 1. The van der Waals surface area contributed by atoms with Gasteiger partial charge in [0, 0.05) is 47.3 Å². The number of thiazole rings is 1. The first kappa shape index (κ1) is 49.5. The van der Waals surface area contributed by atoms with Crippen LogP contribution < -0.4 is 15.4 Å². The molecule has 2 aromatic carbocycles. The van der Waals surface area contributed by atoms with Crippen molar-refractivity contribution in [3.8, 4) is 39.5 Å². The van der Waals surface area contributed by atoms with Gasteiger partial charge in [-0.2, -0.15) is 0 Å². The van der Waals surface area contributed by atoms with Crippen LogP contribution in [0.5, 0.6) is 5.75 Å². The van der Waals surface area contributed by atoms with Crippen molar-refractivity contribution in [1.29, 1.82) is 0 Å². The molecule has 3 saturated heterocycles. The highest BCUT2D eigenvalue weighted by molar-refractivity contribution is 7.11. The van der Waals surface area contributed by atoms with Gasteiger partial charge in [0.05, 0.1) is 83.4 Å². The van der Waals surface area contributed by atoms with Gasteiger partial charge >= 0.3 is 12.2 Å². The summed E-state index contributed by atoms with van der Waals surface area (Å²) in [5.41, 5.74) is 7.59. The summed E-state index contributed by atoms with van der Waals surface area (Å²) in [7, 11) is 2.61. The number of H-pyrrole nitrogens is 2. The highest BCUT2D eigenvalue weighted by atomic mass is 32.1. The molecule has 7 atom stereocenters. The zero-order valence-corrected chi connectivity index (χ0v) is 43.9. The minimum atomic E-state index is -0.745. The van der Waals surface area contributed by atoms with E-state index in [4.69, 9.17) is 33.9 Å². The largest absolute Gasteiger partial charge is 0.464 e. The van der Waals surface area contributed by atoms with Crippen molar-refractivity contribution in [3.63, 3.8) is 0 Å². The highest BCUT2D eigenvalue weighted by Crippen LogP contribution is 2.50. The Bertz CT molecular complexity index is 3090. The zero-order valence-electron chi connectivity index (χ0n) is 43.1. The molecule has 1 aliphatic carbocycles. The van der Waals surface area contributed by atoms with E-state index in [-0.39, 0.29) is 47.9 Å². The quantitative estimate of drug-likeness (QED) is 0.0906. The number of carbonyl (C=O) groups is 4. The number of nitrogens with one attached hydrogen (secondary N) is 4. The highest BCUT2D eigenvalue weighted by Gasteiger charge is 2.43. The summed E-state index contributed by atoms with van der Waals surface area (Å²) in [5, 5.41) is 7.81. The molecule has 4 fully saturated rings. The molecule has 1 saturated carbocycles. The van der Waals surface area contributed by atoms with Crippen LogP contribution in [-0.4, -0.2) is 115 Å². The monoisotopic (exact) mass is 1030 g/mol. The fourth-order valence-electron chi connectivity index (χ4n) is 12.1. The van der Waals surface area contributed by atoms with Gasteiger partial charge in [0.1, 0.15) is 29.5 Å². The molecule has 4 aromatic heterocycles. The van der Waals surface area contributed by atoms with Gasteiger partial charge in [-0.15, -0.1) is 11.3 Å². The molecule has 4 aliphatic heterocycles. The zero-order chi connectivity index (χ0) is 51.5. The number of rotatable bonds is 12. The third-order valence-electron chi connectivity index (χ3n) is 15.9. The first-order valence-electron chi connectivity index (χ1n) is 26.2. The van der Waals surface area contributed by atoms with E-state index in [9.17, 15) is 19.2 Å². The van der Waals surface area contributed by atoms with Crippen molar-refractivity contribution in [3.05, 3.63) is 82.1 Å². The second-order valence-electron chi connectivity index (χ2n) is 21.2. The molecular formula is C55H66N10O8S. The number of benzene rings is 2. The van der Waals surface area contributed by atoms with Crippen molar-refractivity contribution < 1.29 is 38.1 Å². The molecule has 7 unspecified atom stereocenters. The van der Waals surface area contributed by atoms with Gasteiger partial charge < -0.3 is 49.3 Å². The number of likely N-dealkylation sites (tertiary alicyclic amines) is 2. The Hall–Kier alpha value is -6.73. The number of methoxy groups -OCH3 is 2. The molecule has 390 valence electrons. The van der Waals surface area contributed by atoms with Crippen LogP contribution in [0.4, 0.5) is 9.59 Å². The van der Waals surface area contributed by atoms with Crippen LogP contribution in [0.15, 0.2) is 55.0 Å². The fraction of sp³-hybridized carbons (Fsp3) is 0.509. The van der Waals surface area contributed by atoms with E-state index in [1.165, 1.54) is 20.6 Å². The standard InChI is InChI=1S/C55H66N10O8S/c1-28(2)46(61-54(68)70-6)51(66)63-17-9-13-40(63)49-57-26-38(60-49)34-19-29(3)45-42-23-35-22-33(15-16-39(35)65(42)53(73-43(45)24-34)44-27-58-50(74-44)32-11-8-12-32)37-25-56-48(59-37)41-14-10-18-64(41)52(67)47(62-55(69)71-7)36-20-30(4)72-31(5)21-36/h15-16,19,22-28,30-32,36,40-41,46-47,53H,8-14,17-18,20-21H2,1-7H3,(H,56,59)(H,57,60)(H,61,68)(H,62,69). The van der Waals surface area contributed by atoms with Crippen molar-refractivity contribution in [2.45, 2.75) is 141 Å². The Morgan fingerprint density at radius 3 is 2.05 bits per heavy atom. The maximum Gasteiger partial charge on any atom is 0.407 e. The van der Waals surface area contributed by atoms with Gasteiger partial charge in [0.25, 0.3) is 0 Å². The number of nitrogens with zero attached hydrogens (tertiary/aromatic N) is 6. The Balaban J connectivity index is 0.897. The van der Waals surface area contributed by atoms with E-state index in [2.05, 4.69) is 68.5 Å². The Morgan fingerprint density at radius 2 is 1.42 bits per heavy atom. The summed E-state index contributed by atoms with van der Waals surface area (Å²) >= 11 is 1.73. The number of aromatic amines is 2. The van der Waals surface area contributed by atoms with Gasteiger partial charge in [-0.25, -0.2) is 24.5 Å². The summed E-state index contributed by atoms with van der Waals surface area (Å²) < 4.78 is 25.3. The molecule has 4 N–H and O–H groups in total. The lowest BCUT2D eigenvalue weighted by Crippen LogP contribution is -2.54. The van der Waals surface area contributed by atoms with E-state index >= 15 is 0 Å². The molecule has 4 amide bonds. The molecule has 18 nitrogen and oxygen atoms in total. The Labute approximate surface area is 434 Å². The molecule has 0 spiro atoms.